The SMILES string of the molecule is CCCC1CCC(Nc2cc3c(cc2Cl)OCCO3)CC1. The number of benzene rings is 1. The zero-order valence-corrected chi connectivity index (χ0v) is 13.4. The number of fused-ring (bicyclic) bond motifs is 1. The largest absolute Gasteiger partial charge is 0.486 e. The monoisotopic (exact) mass is 309 g/mol. The predicted octanol–water partition coefficient (Wildman–Crippen LogP) is 4.88. The zero-order chi connectivity index (χ0) is 14.7. The first-order valence-corrected chi connectivity index (χ1v) is 8.49. The van der Waals surface area contributed by atoms with E-state index in [2.05, 4.69) is 12.2 Å². The Balaban J connectivity index is 1.63. The number of anilines is 1. The summed E-state index contributed by atoms with van der Waals surface area (Å²) in [5.41, 5.74) is 0.972. The van der Waals surface area contributed by atoms with Crippen LogP contribution in [-0.2, 0) is 0 Å². The van der Waals surface area contributed by atoms with Crippen LogP contribution in [0.1, 0.15) is 45.4 Å². The fourth-order valence-corrected chi connectivity index (χ4v) is 3.61. The number of nitrogens with one attached hydrogen (secondary N) is 1. The number of hydrogen-bond acceptors (Lipinski definition) is 3. The molecule has 1 aliphatic carbocycles. The summed E-state index contributed by atoms with van der Waals surface area (Å²) in [6.45, 7) is 3.48. The second-order valence-electron chi connectivity index (χ2n) is 6.13. The topological polar surface area (TPSA) is 30.5 Å². The third kappa shape index (κ3) is 3.57. The van der Waals surface area contributed by atoms with Gasteiger partial charge in [-0.05, 0) is 31.6 Å². The lowest BCUT2D eigenvalue weighted by atomic mass is 9.83. The van der Waals surface area contributed by atoms with Crippen LogP contribution in [-0.4, -0.2) is 19.3 Å². The van der Waals surface area contributed by atoms with E-state index in [1.165, 1.54) is 38.5 Å². The first-order chi connectivity index (χ1) is 10.3. The molecule has 1 fully saturated rings. The van der Waals surface area contributed by atoms with Gasteiger partial charge in [0.05, 0.1) is 10.7 Å². The van der Waals surface area contributed by atoms with E-state index in [-0.39, 0.29) is 0 Å². The minimum Gasteiger partial charge on any atom is -0.486 e. The first kappa shape index (κ1) is 14.8. The zero-order valence-electron chi connectivity index (χ0n) is 12.7. The molecule has 3 rings (SSSR count). The smallest absolute Gasteiger partial charge is 0.163 e. The average Bonchev–Trinajstić information content (AvgIpc) is 2.50. The molecule has 0 spiro atoms. The molecule has 1 aliphatic heterocycles. The van der Waals surface area contributed by atoms with Gasteiger partial charge >= 0.3 is 0 Å². The Morgan fingerprint density at radius 3 is 2.43 bits per heavy atom. The van der Waals surface area contributed by atoms with Crippen LogP contribution in [0.25, 0.3) is 0 Å². The molecular weight excluding hydrogens is 286 g/mol. The van der Waals surface area contributed by atoms with Crippen LogP contribution >= 0.6 is 11.6 Å². The Morgan fingerprint density at radius 1 is 1.10 bits per heavy atom. The molecule has 0 saturated heterocycles. The van der Waals surface area contributed by atoms with Crippen molar-refractivity contribution in [2.45, 2.75) is 51.5 Å². The lowest BCUT2D eigenvalue weighted by Crippen LogP contribution is -2.26. The van der Waals surface area contributed by atoms with Crippen molar-refractivity contribution in [3.8, 4) is 11.5 Å². The van der Waals surface area contributed by atoms with Crippen molar-refractivity contribution in [2.24, 2.45) is 5.92 Å². The van der Waals surface area contributed by atoms with Crippen molar-refractivity contribution >= 4 is 17.3 Å². The number of rotatable bonds is 4. The van der Waals surface area contributed by atoms with Gasteiger partial charge in [-0.25, -0.2) is 0 Å². The minimum atomic E-state index is 0.526. The second-order valence-corrected chi connectivity index (χ2v) is 6.53. The molecule has 0 unspecified atom stereocenters. The standard InChI is InChI=1S/C17H24ClNO2/c1-2-3-12-4-6-13(7-5-12)19-15-11-17-16(10-14(15)18)20-8-9-21-17/h10-13,19H,2-9H2,1H3. The van der Waals surface area contributed by atoms with E-state index in [1.54, 1.807) is 0 Å². The van der Waals surface area contributed by atoms with Gasteiger partial charge in [-0.15, -0.1) is 0 Å². The Morgan fingerprint density at radius 2 is 1.76 bits per heavy atom. The Hall–Kier alpha value is -1.09. The van der Waals surface area contributed by atoms with Gasteiger partial charge in [0.25, 0.3) is 0 Å². The number of hydrogen-bond donors (Lipinski definition) is 1. The molecule has 2 aliphatic rings. The second kappa shape index (κ2) is 6.78. The van der Waals surface area contributed by atoms with Gasteiger partial charge in [-0.2, -0.15) is 0 Å². The highest BCUT2D eigenvalue weighted by atomic mass is 35.5. The van der Waals surface area contributed by atoms with Gasteiger partial charge in [-0.3, -0.25) is 0 Å². The third-order valence-corrected chi connectivity index (χ3v) is 4.85. The molecule has 3 nitrogen and oxygen atoms in total. The fourth-order valence-electron chi connectivity index (χ4n) is 3.40. The van der Waals surface area contributed by atoms with Crippen LogP contribution in [0.2, 0.25) is 5.02 Å². The lowest BCUT2D eigenvalue weighted by Gasteiger charge is -2.30. The van der Waals surface area contributed by atoms with E-state index in [4.69, 9.17) is 21.1 Å². The first-order valence-electron chi connectivity index (χ1n) is 8.12. The Bertz CT molecular complexity index is 484. The van der Waals surface area contributed by atoms with E-state index >= 15 is 0 Å². The molecule has 1 N–H and O–H groups in total. The fraction of sp³-hybridized carbons (Fsp3) is 0.647. The molecular formula is C17H24ClNO2. The van der Waals surface area contributed by atoms with E-state index < -0.39 is 0 Å². The average molecular weight is 310 g/mol. The summed E-state index contributed by atoms with van der Waals surface area (Å²) in [5, 5.41) is 4.31. The van der Waals surface area contributed by atoms with Gasteiger partial charge in [0, 0.05) is 18.2 Å². The summed E-state index contributed by atoms with van der Waals surface area (Å²) < 4.78 is 11.2. The van der Waals surface area contributed by atoms with Crippen LogP contribution in [0, 0.1) is 5.92 Å². The van der Waals surface area contributed by atoms with Gasteiger partial charge < -0.3 is 14.8 Å². The summed E-state index contributed by atoms with van der Waals surface area (Å²) in [5.74, 6) is 2.47. The molecule has 1 heterocycles. The molecule has 0 radical (unpaired) electrons. The van der Waals surface area contributed by atoms with Crippen LogP contribution in [0.4, 0.5) is 5.69 Å². The highest BCUT2D eigenvalue weighted by Gasteiger charge is 2.22. The van der Waals surface area contributed by atoms with E-state index in [1.807, 2.05) is 12.1 Å². The minimum absolute atomic E-state index is 0.526. The molecule has 0 amide bonds. The Kier molecular flexibility index (Phi) is 4.79. The normalized spacial score (nSPS) is 24.7. The maximum atomic E-state index is 6.36. The lowest BCUT2D eigenvalue weighted by molar-refractivity contribution is 0.171. The summed E-state index contributed by atoms with van der Waals surface area (Å²) >= 11 is 6.36. The molecule has 0 bridgehead atoms. The van der Waals surface area contributed by atoms with Crippen molar-refractivity contribution in [2.75, 3.05) is 18.5 Å². The number of ether oxygens (including phenoxy) is 2. The molecule has 0 aromatic heterocycles. The summed E-state index contributed by atoms with van der Waals surface area (Å²) in [6, 6.07) is 4.37. The summed E-state index contributed by atoms with van der Waals surface area (Å²) in [4.78, 5) is 0. The van der Waals surface area contributed by atoms with Crippen LogP contribution in [0.5, 0.6) is 11.5 Å². The predicted molar refractivity (Wildman–Crippen MR) is 86.7 cm³/mol. The van der Waals surface area contributed by atoms with E-state index in [0.29, 0.717) is 19.3 Å². The summed E-state index contributed by atoms with van der Waals surface area (Å²) in [7, 11) is 0. The van der Waals surface area contributed by atoms with Gasteiger partial charge in [0.2, 0.25) is 0 Å². The van der Waals surface area contributed by atoms with Crippen molar-refractivity contribution in [3.05, 3.63) is 17.2 Å². The van der Waals surface area contributed by atoms with Gasteiger partial charge in [0.15, 0.2) is 11.5 Å². The van der Waals surface area contributed by atoms with E-state index in [9.17, 15) is 0 Å². The quantitative estimate of drug-likeness (QED) is 0.859. The molecule has 1 saturated carbocycles. The van der Waals surface area contributed by atoms with E-state index in [0.717, 1.165) is 28.1 Å². The highest BCUT2D eigenvalue weighted by Crippen LogP contribution is 2.39. The molecule has 1 aromatic rings. The van der Waals surface area contributed by atoms with Crippen molar-refractivity contribution < 1.29 is 9.47 Å². The number of halogens is 1. The van der Waals surface area contributed by atoms with Crippen LogP contribution in [0.15, 0.2) is 12.1 Å². The summed E-state index contributed by atoms with van der Waals surface area (Å²) in [6.07, 6.45) is 7.79. The van der Waals surface area contributed by atoms with Crippen molar-refractivity contribution in [1.82, 2.24) is 0 Å². The maximum Gasteiger partial charge on any atom is 0.163 e. The molecule has 21 heavy (non-hydrogen) atoms. The molecule has 0 atom stereocenters. The third-order valence-electron chi connectivity index (χ3n) is 4.54. The van der Waals surface area contributed by atoms with Gasteiger partial charge in [0.1, 0.15) is 13.2 Å². The van der Waals surface area contributed by atoms with Crippen LogP contribution in [0.3, 0.4) is 0 Å². The van der Waals surface area contributed by atoms with Crippen molar-refractivity contribution in [1.29, 1.82) is 0 Å². The molecule has 4 heteroatoms. The molecule has 1 aromatic carbocycles. The Labute approximate surface area is 132 Å². The maximum absolute atomic E-state index is 6.36. The van der Waals surface area contributed by atoms with Crippen LogP contribution < -0.4 is 14.8 Å². The highest BCUT2D eigenvalue weighted by molar-refractivity contribution is 6.33. The van der Waals surface area contributed by atoms with Gasteiger partial charge in [-0.1, -0.05) is 31.4 Å². The van der Waals surface area contributed by atoms with Crippen molar-refractivity contribution in [3.63, 3.8) is 0 Å². The molecule has 116 valence electrons.